The molecule has 5 heteroatoms. The summed E-state index contributed by atoms with van der Waals surface area (Å²) in [4.78, 5) is 0. The highest BCUT2D eigenvalue weighted by molar-refractivity contribution is 9.10. The second-order valence-electron chi connectivity index (χ2n) is 3.74. The van der Waals surface area contributed by atoms with Crippen LogP contribution < -0.4 is 15.2 Å². The lowest BCUT2D eigenvalue weighted by atomic mass is 10.1. The van der Waals surface area contributed by atoms with Crippen LogP contribution in [0, 0.1) is 11.3 Å². The number of hydrogen-bond donors (Lipinski definition) is 1. The molecule has 17 heavy (non-hydrogen) atoms. The zero-order chi connectivity index (χ0) is 12.8. The first-order valence-corrected chi connectivity index (χ1v) is 5.99. The number of nitriles is 1. The number of rotatable bonds is 5. The Morgan fingerprint density at radius 2 is 2.24 bits per heavy atom. The van der Waals surface area contributed by atoms with Crippen molar-refractivity contribution in [3.63, 3.8) is 0 Å². The Labute approximate surface area is 109 Å². The predicted octanol–water partition coefficient (Wildman–Crippen LogP) is 2.25. The van der Waals surface area contributed by atoms with Crippen LogP contribution in [-0.4, -0.2) is 19.8 Å². The summed E-state index contributed by atoms with van der Waals surface area (Å²) in [6.45, 7) is 1.93. The first-order chi connectivity index (χ1) is 8.08. The molecule has 0 aliphatic rings. The maximum Gasteiger partial charge on any atom is 0.176 e. The van der Waals surface area contributed by atoms with Crippen molar-refractivity contribution < 1.29 is 9.47 Å². The van der Waals surface area contributed by atoms with E-state index in [9.17, 15) is 0 Å². The zero-order valence-electron chi connectivity index (χ0n) is 9.87. The van der Waals surface area contributed by atoms with Crippen LogP contribution in [0.15, 0.2) is 16.6 Å². The quantitative estimate of drug-likeness (QED) is 0.905. The van der Waals surface area contributed by atoms with Crippen molar-refractivity contribution >= 4 is 15.9 Å². The normalized spacial score (nSPS) is 11.7. The molecule has 0 aromatic heterocycles. The van der Waals surface area contributed by atoms with Gasteiger partial charge in [0.05, 0.1) is 11.6 Å². The van der Waals surface area contributed by atoms with Gasteiger partial charge in [-0.05, 0) is 47.0 Å². The average Bonchev–Trinajstić information content (AvgIpc) is 2.26. The van der Waals surface area contributed by atoms with Crippen LogP contribution in [0.25, 0.3) is 0 Å². The van der Waals surface area contributed by atoms with Crippen LogP contribution in [0.3, 0.4) is 0 Å². The van der Waals surface area contributed by atoms with Crippen LogP contribution in [-0.2, 0) is 6.42 Å². The van der Waals surface area contributed by atoms with Gasteiger partial charge in [-0.1, -0.05) is 0 Å². The van der Waals surface area contributed by atoms with Crippen molar-refractivity contribution in [1.82, 2.24) is 0 Å². The van der Waals surface area contributed by atoms with Crippen molar-refractivity contribution in [3.05, 3.63) is 22.2 Å². The van der Waals surface area contributed by atoms with Crippen LogP contribution >= 0.6 is 15.9 Å². The summed E-state index contributed by atoms with van der Waals surface area (Å²) in [5, 5.41) is 8.51. The van der Waals surface area contributed by atoms with Crippen molar-refractivity contribution in [1.29, 1.82) is 5.26 Å². The van der Waals surface area contributed by atoms with Gasteiger partial charge in [0, 0.05) is 6.04 Å². The number of halogens is 1. The number of nitrogens with two attached hydrogens (primary N) is 1. The monoisotopic (exact) mass is 298 g/mol. The maximum absolute atomic E-state index is 8.51. The molecule has 0 heterocycles. The Morgan fingerprint density at radius 1 is 1.53 bits per heavy atom. The maximum atomic E-state index is 8.51. The second-order valence-corrected chi connectivity index (χ2v) is 4.59. The minimum Gasteiger partial charge on any atom is -0.493 e. The van der Waals surface area contributed by atoms with Gasteiger partial charge in [-0.2, -0.15) is 5.26 Å². The van der Waals surface area contributed by atoms with Gasteiger partial charge in [0.15, 0.2) is 18.1 Å². The smallest absolute Gasteiger partial charge is 0.176 e. The van der Waals surface area contributed by atoms with Crippen molar-refractivity contribution in [2.24, 2.45) is 5.73 Å². The van der Waals surface area contributed by atoms with E-state index >= 15 is 0 Å². The van der Waals surface area contributed by atoms with E-state index in [0.29, 0.717) is 11.5 Å². The molecule has 1 atom stereocenters. The van der Waals surface area contributed by atoms with Gasteiger partial charge >= 0.3 is 0 Å². The van der Waals surface area contributed by atoms with Gasteiger partial charge in [0.25, 0.3) is 0 Å². The summed E-state index contributed by atoms with van der Waals surface area (Å²) in [6.07, 6.45) is 0.757. The number of nitrogens with zero attached hydrogens (tertiary/aromatic N) is 1. The Bertz CT molecular complexity index is 427. The highest BCUT2D eigenvalue weighted by atomic mass is 79.9. The Morgan fingerprint density at radius 3 is 2.76 bits per heavy atom. The second kappa shape index (κ2) is 6.48. The van der Waals surface area contributed by atoms with Gasteiger partial charge in [-0.25, -0.2) is 0 Å². The molecular formula is C12H15BrN2O2. The number of benzene rings is 1. The van der Waals surface area contributed by atoms with Gasteiger partial charge in [0.1, 0.15) is 6.07 Å². The fourth-order valence-electron chi connectivity index (χ4n) is 1.51. The molecule has 92 valence electrons. The number of hydrogen-bond acceptors (Lipinski definition) is 4. The van der Waals surface area contributed by atoms with Crippen LogP contribution in [0.2, 0.25) is 0 Å². The summed E-state index contributed by atoms with van der Waals surface area (Å²) < 4.78 is 11.3. The van der Waals surface area contributed by atoms with Crippen LogP contribution in [0.5, 0.6) is 11.5 Å². The van der Waals surface area contributed by atoms with Crippen LogP contribution in [0.1, 0.15) is 12.5 Å². The largest absolute Gasteiger partial charge is 0.493 e. The molecule has 2 N–H and O–H groups in total. The Kier molecular flexibility index (Phi) is 5.26. The third-order valence-corrected chi connectivity index (χ3v) is 2.72. The van der Waals surface area contributed by atoms with Gasteiger partial charge in [-0.3, -0.25) is 0 Å². The molecule has 0 saturated heterocycles. The standard InChI is InChI=1S/C12H15BrN2O2/c1-8(15)5-9-6-10(13)12(17-4-3-14)11(7-9)16-2/h6-8H,4-5,15H2,1-2H3. The molecule has 0 bridgehead atoms. The molecule has 0 saturated carbocycles. The van der Waals surface area contributed by atoms with Gasteiger partial charge < -0.3 is 15.2 Å². The summed E-state index contributed by atoms with van der Waals surface area (Å²) in [7, 11) is 1.57. The highest BCUT2D eigenvalue weighted by Gasteiger charge is 2.12. The lowest BCUT2D eigenvalue weighted by Gasteiger charge is -2.13. The first-order valence-electron chi connectivity index (χ1n) is 5.20. The van der Waals surface area contributed by atoms with E-state index in [2.05, 4.69) is 15.9 Å². The summed E-state index contributed by atoms with van der Waals surface area (Å²) in [5.74, 6) is 1.15. The molecule has 0 radical (unpaired) electrons. The number of methoxy groups -OCH3 is 1. The van der Waals surface area contributed by atoms with E-state index in [1.165, 1.54) is 0 Å². The van der Waals surface area contributed by atoms with E-state index in [1.807, 2.05) is 25.1 Å². The molecule has 1 aromatic rings. The lowest BCUT2D eigenvalue weighted by Crippen LogP contribution is -2.17. The van der Waals surface area contributed by atoms with E-state index in [0.717, 1.165) is 16.5 Å². The fraction of sp³-hybridized carbons (Fsp3) is 0.417. The summed E-state index contributed by atoms with van der Waals surface area (Å²) >= 11 is 3.40. The first kappa shape index (κ1) is 13.8. The predicted molar refractivity (Wildman–Crippen MR) is 69.2 cm³/mol. The summed E-state index contributed by atoms with van der Waals surface area (Å²) in [6, 6.07) is 5.81. The van der Waals surface area contributed by atoms with E-state index in [1.54, 1.807) is 7.11 Å². The minimum absolute atomic E-state index is 0.0123. The van der Waals surface area contributed by atoms with Crippen molar-refractivity contribution in [2.45, 2.75) is 19.4 Å². The molecule has 0 amide bonds. The molecule has 0 fully saturated rings. The minimum atomic E-state index is -0.0123. The van der Waals surface area contributed by atoms with E-state index in [-0.39, 0.29) is 12.6 Å². The molecule has 0 spiro atoms. The fourth-order valence-corrected chi connectivity index (χ4v) is 2.11. The Balaban J connectivity index is 3.03. The van der Waals surface area contributed by atoms with E-state index < -0.39 is 0 Å². The Hall–Kier alpha value is -1.25. The molecule has 4 nitrogen and oxygen atoms in total. The van der Waals surface area contributed by atoms with Crippen molar-refractivity contribution in [2.75, 3.05) is 13.7 Å². The molecule has 0 aliphatic carbocycles. The van der Waals surface area contributed by atoms with Gasteiger partial charge in [-0.15, -0.1) is 0 Å². The van der Waals surface area contributed by atoms with E-state index in [4.69, 9.17) is 20.5 Å². The molecule has 1 rings (SSSR count). The lowest BCUT2D eigenvalue weighted by molar-refractivity contribution is 0.327. The molecule has 1 unspecified atom stereocenters. The molecule has 1 aromatic carbocycles. The van der Waals surface area contributed by atoms with Crippen LogP contribution in [0.4, 0.5) is 0 Å². The third kappa shape index (κ3) is 3.91. The third-order valence-electron chi connectivity index (χ3n) is 2.13. The molecular weight excluding hydrogens is 284 g/mol. The topological polar surface area (TPSA) is 68.3 Å². The molecule has 0 aliphatic heterocycles. The average molecular weight is 299 g/mol. The highest BCUT2D eigenvalue weighted by Crippen LogP contribution is 2.36. The van der Waals surface area contributed by atoms with Crippen molar-refractivity contribution in [3.8, 4) is 17.6 Å². The summed E-state index contributed by atoms with van der Waals surface area (Å²) in [5.41, 5.74) is 6.82. The zero-order valence-corrected chi connectivity index (χ0v) is 11.5. The number of ether oxygens (including phenoxy) is 2. The SMILES string of the molecule is COc1cc(CC(C)N)cc(Br)c1OCC#N. The van der Waals surface area contributed by atoms with Gasteiger partial charge in [0.2, 0.25) is 0 Å².